The minimum Gasteiger partial charge on any atom is -0.467 e. The van der Waals surface area contributed by atoms with E-state index in [9.17, 15) is 4.79 Å². The van der Waals surface area contributed by atoms with Crippen LogP contribution in [0.4, 0.5) is 4.79 Å². The van der Waals surface area contributed by atoms with Crippen molar-refractivity contribution < 1.29 is 13.6 Å². The van der Waals surface area contributed by atoms with E-state index < -0.39 is 0 Å². The summed E-state index contributed by atoms with van der Waals surface area (Å²) in [5.74, 6) is 2.00. The number of hydrogen-bond donors (Lipinski definition) is 1. The van der Waals surface area contributed by atoms with E-state index in [1.54, 1.807) is 17.4 Å². The number of carbonyl (C=O) groups excluding carboxylic acids is 1. The average molecular weight is 350 g/mol. The van der Waals surface area contributed by atoms with Crippen molar-refractivity contribution in [1.82, 2.24) is 10.2 Å². The number of amides is 2. The molecule has 1 N–H and O–H groups in total. The van der Waals surface area contributed by atoms with E-state index in [0.717, 1.165) is 29.9 Å². The number of benzene rings is 1. The molecule has 5 nitrogen and oxygen atoms in total. The van der Waals surface area contributed by atoms with Gasteiger partial charge in [-0.15, -0.1) is 0 Å². The van der Waals surface area contributed by atoms with Crippen LogP contribution in [0.5, 0.6) is 0 Å². The largest absolute Gasteiger partial charge is 0.467 e. The standard InChI is InChI=1S/C21H22N2O3/c24-21(22-20(17-10-11-17)16-6-2-1-3-7-16)23(14-18-8-4-12-25-18)15-19-9-5-13-26-19/h1-9,12-13,17,20H,10-11,14-15H2,(H,22,24). The van der Waals surface area contributed by atoms with Gasteiger partial charge in [0.25, 0.3) is 0 Å². The summed E-state index contributed by atoms with van der Waals surface area (Å²) in [5.41, 5.74) is 1.15. The summed E-state index contributed by atoms with van der Waals surface area (Å²) in [4.78, 5) is 14.8. The summed E-state index contributed by atoms with van der Waals surface area (Å²) in [7, 11) is 0. The van der Waals surface area contributed by atoms with Gasteiger partial charge in [-0.25, -0.2) is 4.79 Å². The molecule has 1 unspecified atom stereocenters. The zero-order chi connectivity index (χ0) is 17.8. The van der Waals surface area contributed by atoms with Crippen LogP contribution in [0.3, 0.4) is 0 Å². The Bertz CT molecular complexity index is 772. The zero-order valence-electron chi connectivity index (χ0n) is 14.5. The van der Waals surface area contributed by atoms with Crippen molar-refractivity contribution in [3.05, 3.63) is 84.2 Å². The van der Waals surface area contributed by atoms with Gasteiger partial charge in [0.1, 0.15) is 11.5 Å². The number of carbonyl (C=O) groups is 1. The molecular formula is C21H22N2O3. The predicted octanol–water partition coefficient (Wildman–Crippen LogP) is 4.74. The van der Waals surface area contributed by atoms with Crippen molar-refractivity contribution in [2.75, 3.05) is 0 Å². The maximum Gasteiger partial charge on any atom is 0.318 e. The van der Waals surface area contributed by atoms with Crippen LogP contribution in [0.15, 0.2) is 76.0 Å². The fourth-order valence-electron chi connectivity index (χ4n) is 3.17. The number of rotatable bonds is 7. The number of hydrogen-bond acceptors (Lipinski definition) is 3. The summed E-state index contributed by atoms with van der Waals surface area (Å²) in [6.45, 7) is 0.789. The van der Waals surface area contributed by atoms with E-state index in [1.807, 2.05) is 42.5 Å². The van der Waals surface area contributed by atoms with Gasteiger partial charge in [0.2, 0.25) is 0 Å². The van der Waals surface area contributed by atoms with E-state index >= 15 is 0 Å². The second-order valence-corrected chi connectivity index (χ2v) is 6.69. The van der Waals surface area contributed by atoms with E-state index in [1.165, 1.54) is 0 Å². The SMILES string of the molecule is O=C(NC(c1ccccc1)C1CC1)N(Cc1ccco1)Cc1ccco1. The van der Waals surface area contributed by atoms with Crippen molar-refractivity contribution in [3.63, 3.8) is 0 Å². The summed E-state index contributed by atoms with van der Waals surface area (Å²) in [6, 6.07) is 17.5. The first-order valence-corrected chi connectivity index (χ1v) is 8.95. The average Bonchev–Trinajstić information content (AvgIpc) is 3.14. The first kappa shape index (κ1) is 16.5. The van der Waals surface area contributed by atoms with Crippen molar-refractivity contribution in [1.29, 1.82) is 0 Å². The van der Waals surface area contributed by atoms with Gasteiger partial charge in [0.05, 0.1) is 31.7 Å². The zero-order valence-corrected chi connectivity index (χ0v) is 14.5. The molecule has 0 spiro atoms. The fraction of sp³-hybridized carbons (Fsp3) is 0.286. The van der Waals surface area contributed by atoms with Gasteiger partial charge in [-0.3, -0.25) is 0 Å². The molecule has 2 heterocycles. The van der Waals surface area contributed by atoms with Crippen LogP contribution in [-0.4, -0.2) is 10.9 Å². The first-order chi connectivity index (χ1) is 12.8. The molecule has 0 saturated heterocycles. The Hall–Kier alpha value is -2.95. The summed E-state index contributed by atoms with van der Waals surface area (Å²) in [6.07, 6.45) is 5.54. The highest BCUT2D eigenvalue weighted by molar-refractivity contribution is 5.74. The molecule has 1 aliphatic carbocycles. The maximum atomic E-state index is 13.0. The summed E-state index contributed by atoms with van der Waals surface area (Å²) >= 11 is 0. The normalized spacial score (nSPS) is 14.8. The molecule has 5 heteroatoms. The summed E-state index contributed by atoms with van der Waals surface area (Å²) in [5, 5.41) is 3.22. The van der Waals surface area contributed by atoms with E-state index in [0.29, 0.717) is 19.0 Å². The van der Waals surface area contributed by atoms with Crippen LogP contribution in [0.2, 0.25) is 0 Å². The molecule has 0 bridgehead atoms. The topological polar surface area (TPSA) is 58.6 Å². The van der Waals surface area contributed by atoms with Crippen molar-refractivity contribution in [3.8, 4) is 0 Å². The Morgan fingerprint density at radius 3 is 2.08 bits per heavy atom. The third kappa shape index (κ3) is 3.99. The predicted molar refractivity (Wildman–Crippen MR) is 97.1 cm³/mol. The second kappa shape index (κ2) is 7.52. The Balaban J connectivity index is 1.51. The third-order valence-electron chi connectivity index (χ3n) is 4.67. The van der Waals surface area contributed by atoms with Gasteiger partial charge in [-0.1, -0.05) is 30.3 Å². The lowest BCUT2D eigenvalue weighted by molar-refractivity contribution is 0.177. The Labute approximate surface area is 152 Å². The molecule has 4 rings (SSSR count). The number of nitrogens with zero attached hydrogens (tertiary/aromatic N) is 1. The van der Waals surface area contributed by atoms with E-state index in [2.05, 4.69) is 17.4 Å². The van der Waals surface area contributed by atoms with Gasteiger partial charge in [0.15, 0.2) is 0 Å². The molecule has 26 heavy (non-hydrogen) atoms. The number of urea groups is 1. The molecule has 1 fully saturated rings. The van der Waals surface area contributed by atoms with Crippen LogP contribution in [0, 0.1) is 5.92 Å². The van der Waals surface area contributed by atoms with Gasteiger partial charge in [-0.2, -0.15) is 0 Å². The quantitative estimate of drug-likeness (QED) is 0.670. The van der Waals surface area contributed by atoms with Crippen molar-refractivity contribution in [2.24, 2.45) is 5.92 Å². The van der Waals surface area contributed by atoms with Gasteiger partial charge < -0.3 is 19.1 Å². The monoisotopic (exact) mass is 350 g/mol. The van der Waals surface area contributed by atoms with Crippen LogP contribution in [-0.2, 0) is 13.1 Å². The molecule has 1 atom stereocenters. The lowest BCUT2D eigenvalue weighted by Gasteiger charge is -2.26. The second-order valence-electron chi connectivity index (χ2n) is 6.69. The van der Waals surface area contributed by atoms with Crippen LogP contribution >= 0.6 is 0 Å². The molecule has 2 aromatic heterocycles. The van der Waals surface area contributed by atoms with Crippen molar-refractivity contribution >= 4 is 6.03 Å². The van der Waals surface area contributed by atoms with Gasteiger partial charge in [0, 0.05) is 0 Å². The van der Waals surface area contributed by atoms with Crippen LogP contribution in [0.25, 0.3) is 0 Å². The fourth-order valence-corrected chi connectivity index (χ4v) is 3.17. The molecule has 3 aromatic rings. The van der Waals surface area contributed by atoms with Crippen LogP contribution < -0.4 is 5.32 Å². The number of furan rings is 2. The highest BCUT2D eigenvalue weighted by Gasteiger charge is 2.34. The van der Waals surface area contributed by atoms with E-state index in [4.69, 9.17) is 8.83 Å². The molecule has 0 radical (unpaired) electrons. The highest BCUT2D eigenvalue weighted by Crippen LogP contribution is 2.41. The Kier molecular flexibility index (Phi) is 4.78. The lowest BCUT2D eigenvalue weighted by atomic mass is 10.0. The minimum atomic E-state index is -0.112. The first-order valence-electron chi connectivity index (χ1n) is 8.95. The molecule has 2 amide bonds. The summed E-state index contributed by atoms with van der Waals surface area (Å²) < 4.78 is 10.9. The highest BCUT2D eigenvalue weighted by atomic mass is 16.3. The molecule has 0 aliphatic heterocycles. The van der Waals surface area contributed by atoms with Crippen LogP contribution in [0.1, 0.15) is 36.0 Å². The minimum absolute atomic E-state index is 0.0411. The Morgan fingerprint density at radius 2 is 1.58 bits per heavy atom. The third-order valence-corrected chi connectivity index (χ3v) is 4.67. The molecule has 134 valence electrons. The van der Waals surface area contributed by atoms with E-state index in [-0.39, 0.29) is 12.1 Å². The van der Waals surface area contributed by atoms with Gasteiger partial charge >= 0.3 is 6.03 Å². The molecular weight excluding hydrogens is 328 g/mol. The molecule has 1 saturated carbocycles. The maximum absolute atomic E-state index is 13.0. The van der Waals surface area contributed by atoms with Gasteiger partial charge in [-0.05, 0) is 48.6 Å². The molecule has 1 aliphatic rings. The smallest absolute Gasteiger partial charge is 0.318 e. The Morgan fingerprint density at radius 1 is 0.962 bits per heavy atom. The number of nitrogens with one attached hydrogen (secondary N) is 1. The van der Waals surface area contributed by atoms with Crippen molar-refractivity contribution in [2.45, 2.75) is 32.0 Å². The lowest BCUT2D eigenvalue weighted by Crippen LogP contribution is -2.41. The molecule has 1 aromatic carbocycles.